The summed E-state index contributed by atoms with van der Waals surface area (Å²) in [6.07, 6.45) is -18.5. The van der Waals surface area contributed by atoms with E-state index < -0.39 is 70.6 Å². The highest BCUT2D eigenvalue weighted by molar-refractivity contribution is 6.36. The second-order valence-corrected chi connectivity index (χ2v) is 29.9. The summed E-state index contributed by atoms with van der Waals surface area (Å²) in [4.78, 5) is 58.8. The Morgan fingerprint density at radius 3 is 1.05 bits per heavy atom. The van der Waals surface area contributed by atoms with Crippen molar-refractivity contribution in [3.05, 3.63) is 211 Å². The van der Waals surface area contributed by atoms with E-state index in [0.717, 1.165) is 38.0 Å². The lowest BCUT2D eigenvalue weighted by atomic mass is 9.79. The maximum absolute atomic E-state index is 14.4. The van der Waals surface area contributed by atoms with Crippen LogP contribution < -0.4 is 31.1 Å². The van der Waals surface area contributed by atoms with Gasteiger partial charge in [0.05, 0.1) is 5.69 Å². The van der Waals surface area contributed by atoms with Crippen molar-refractivity contribution in [2.24, 2.45) is 0 Å². The molecule has 0 aromatic heterocycles. The number of rotatable bonds is 11. The van der Waals surface area contributed by atoms with Crippen molar-refractivity contribution in [2.75, 3.05) is 70.3 Å². The SMILES string of the molecule is CC(C)(C)OC(=O)Nc1cccc2cc(N3CCC(c4cc(Cl)cc(Cl)c4)(C(F)(F)F)C3)ccc12.CCC(=O)Nc1cccc2cc(N3CCC(c4cc(Cl)cc(Cl)c4)(C(F)(F)F)C3)ccc12.CCC(=O)OC(=O)CC.Nc1cccc2cc(N3CCC(c4cc(Cl)cc(Cl)c4)(C(F)(F)F)C3)ccc12.O=C(O)C(F)(F)F. The second-order valence-electron chi connectivity index (χ2n) is 27.3. The Labute approximate surface area is 660 Å². The molecule has 3 saturated heterocycles. The fraction of sp³-hybridized carbons (Fsp3) is 0.329. The minimum absolute atomic E-state index is 0.0645. The largest absolute Gasteiger partial charge is 0.490 e. The predicted molar refractivity (Wildman–Crippen MR) is 413 cm³/mol. The van der Waals surface area contributed by atoms with Crippen molar-refractivity contribution in [2.45, 2.75) is 127 Å². The first-order valence-corrected chi connectivity index (χ1v) is 36.5. The summed E-state index contributed by atoms with van der Waals surface area (Å²) in [5.74, 6) is -3.77. The molecule has 3 aliphatic heterocycles. The molecule has 594 valence electrons. The molecule has 0 aliphatic carbocycles. The molecular formula is C79H74Cl6F12N6O8. The molecule has 3 fully saturated rings. The maximum atomic E-state index is 14.4. The molecule has 2 amide bonds. The smallest absolute Gasteiger partial charge is 0.475 e. The van der Waals surface area contributed by atoms with Crippen LogP contribution in [0.3, 0.4) is 0 Å². The first kappa shape index (κ1) is 87.8. The van der Waals surface area contributed by atoms with Crippen LogP contribution in [0.1, 0.15) is 96.8 Å². The number of halogens is 18. The number of anilines is 6. The Morgan fingerprint density at radius 1 is 0.441 bits per heavy atom. The third kappa shape index (κ3) is 21.5. The summed E-state index contributed by atoms with van der Waals surface area (Å²) in [5, 5.41) is 18.8. The molecule has 9 aromatic carbocycles. The van der Waals surface area contributed by atoms with Crippen LogP contribution in [0.15, 0.2) is 164 Å². The lowest BCUT2D eigenvalue weighted by Gasteiger charge is -2.33. The number of nitrogens with one attached hydrogen (secondary N) is 2. The van der Waals surface area contributed by atoms with Gasteiger partial charge in [0.2, 0.25) is 5.91 Å². The van der Waals surface area contributed by atoms with Gasteiger partial charge in [0.15, 0.2) is 0 Å². The summed E-state index contributed by atoms with van der Waals surface area (Å²) in [6.45, 7) is 10.4. The normalized spacial score (nSPS) is 17.8. The molecule has 9 aromatic rings. The number of hydrogen-bond donors (Lipinski definition) is 4. The molecule has 3 aliphatic rings. The lowest BCUT2D eigenvalue weighted by molar-refractivity contribution is -0.192. The Morgan fingerprint density at radius 2 is 0.748 bits per heavy atom. The minimum Gasteiger partial charge on any atom is -0.475 e. The van der Waals surface area contributed by atoms with Gasteiger partial charge in [-0.1, -0.05) is 145 Å². The fourth-order valence-corrected chi connectivity index (χ4v) is 14.6. The average molecular weight is 1680 g/mol. The van der Waals surface area contributed by atoms with Gasteiger partial charge in [0.25, 0.3) is 0 Å². The molecule has 5 N–H and O–H groups in total. The molecule has 0 radical (unpaired) electrons. The molecule has 0 bridgehead atoms. The number of carboxylic acid groups (broad SMARTS) is 1. The first-order valence-electron chi connectivity index (χ1n) is 34.3. The summed E-state index contributed by atoms with van der Waals surface area (Å²) >= 11 is 36.1. The van der Waals surface area contributed by atoms with Crippen molar-refractivity contribution in [1.29, 1.82) is 0 Å². The van der Waals surface area contributed by atoms with Gasteiger partial charge in [-0.05, 0) is 182 Å². The van der Waals surface area contributed by atoms with Crippen LogP contribution >= 0.6 is 69.6 Å². The van der Waals surface area contributed by atoms with Crippen molar-refractivity contribution in [1.82, 2.24) is 0 Å². The number of nitrogens with two attached hydrogens (primary N) is 1. The van der Waals surface area contributed by atoms with E-state index in [9.17, 15) is 71.9 Å². The minimum atomic E-state index is -5.08. The quantitative estimate of drug-likeness (QED) is 0.0417. The molecule has 3 unspecified atom stereocenters. The summed E-state index contributed by atoms with van der Waals surface area (Å²) in [7, 11) is 0. The molecule has 0 spiro atoms. The van der Waals surface area contributed by atoms with Gasteiger partial charge in [-0.2, -0.15) is 52.7 Å². The van der Waals surface area contributed by atoms with Crippen LogP contribution in [0.25, 0.3) is 32.3 Å². The van der Waals surface area contributed by atoms with Gasteiger partial charge in [0.1, 0.15) is 21.8 Å². The van der Waals surface area contributed by atoms with E-state index in [0.29, 0.717) is 34.9 Å². The number of benzene rings is 9. The van der Waals surface area contributed by atoms with E-state index in [4.69, 9.17) is 90.0 Å². The Kier molecular flexibility index (Phi) is 28.1. The molecule has 14 nitrogen and oxygen atoms in total. The Balaban J connectivity index is 0.000000190. The number of carbonyl (C=O) groups excluding carboxylic acids is 4. The van der Waals surface area contributed by atoms with Gasteiger partial charge < -0.3 is 40.3 Å². The van der Waals surface area contributed by atoms with E-state index in [1.54, 1.807) is 92.6 Å². The lowest BCUT2D eigenvalue weighted by Crippen LogP contribution is -2.44. The van der Waals surface area contributed by atoms with Crippen molar-refractivity contribution in [3.63, 3.8) is 0 Å². The van der Waals surface area contributed by atoms with Crippen LogP contribution in [0, 0.1) is 0 Å². The average Bonchev–Trinajstić information content (AvgIpc) is 1.63. The number of nitrogen functional groups attached to an aromatic ring is 1. The number of hydrogen-bond acceptors (Lipinski definition) is 11. The van der Waals surface area contributed by atoms with E-state index in [1.165, 1.54) is 54.6 Å². The number of fused-ring (bicyclic) bond motifs is 3. The Hall–Kier alpha value is -8.79. The fourth-order valence-electron chi connectivity index (χ4n) is 13.0. The van der Waals surface area contributed by atoms with Crippen LogP contribution in [0.4, 0.5) is 91.6 Å². The van der Waals surface area contributed by atoms with E-state index >= 15 is 0 Å². The monoisotopic (exact) mass is 1670 g/mol. The van der Waals surface area contributed by atoms with Crippen LogP contribution in [0.2, 0.25) is 30.1 Å². The zero-order valence-electron chi connectivity index (χ0n) is 60.1. The summed E-state index contributed by atoms with van der Waals surface area (Å²) in [6, 6.07) is 45.3. The van der Waals surface area contributed by atoms with Crippen molar-refractivity contribution < 1.29 is 91.2 Å². The summed E-state index contributed by atoms with van der Waals surface area (Å²) in [5.41, 5.74) is 3.37. The highest BCUT2D eigenvalue weighted by Gasteiger charge is 2.62. The van der Waals surface area contributed by atoms with Crippen LogP contribution in [-0.2, 0) is 44.9 Å². The van der Waals surface area contributed by atoms with E-state index in [2.05, 4.69) is 15.4 Å². The van der Waals surface area contributed by atoms with Gasteiger partial charge >= 0.3 is 48.7 Å². The topological polar surface area (TPSA) is 184 Å². The zero-order valence-corrected chi connectivity index (χ0v) is 64.6. The number of carboxylic acids is 1. The molecule has 111 heavy (non-hydrogen) atoms. The number of carbonyl (C=O) groups is 5. The molecular weight excluding hydrogens is 1600 g/mol. The summed E-state index contributed by atoms with van der Waals surface area (Å²) < 4.78 is 170. The molecule has 12 rings (SSSR count). The third-order valence-electron chi connectivity index (χ3n) is 18.7. The van der Waals surface area contributed by atoms with Crippen molar-refractivity contribution in [3.8, 4) is 0 Å². The number of alkyl halides is 12. The van der Waals surface area contributed by atoms with E-state index in [1.807, 2.05) is 72.8 Å². The predicted octanol–water partition coefficient (Wildman–Crippen LogP) is 23.4. The second kappa shape index (κ2) is 35.5. The van der Waals surface area contributed by atoms with Gasteiger partial charge in [-0.3, -0.25) is 19.7 Å². The Bertz CT molecular complexity index is 4840. The van der Waals surface area contributed by atoms with Gasteiger partial charge in [0, 0.05) is 133 Å². The standard InChI is InChI=1S/C26H25Cl2F3N2O2.C24H21Cl2F3N2O.C21H17Cl2F3N2.C6H10O3.C2HF3O2/c1-24(2,3)35-23(34)32-22-6-4-5-16-11-20(7-8-21(16)22)33-10-9-25(15-33,26(29,30)31)17-12-18(27)14-19(28)13-17;1-2-22(32)30-21-5-3-4-15-10-19(6-7-20(15)21)31-9-8-23(14-31,24(27,28)29)16-11-17(25)13-18(26)12-16;22-15-9-14(10-16(23)11-15)20(21(24,25)26)6-7-28(12-20)17-4-5-18-13(8-17)2-1-3-19(18)27;1-3-5(7)9-6(8)4-2;3-2(4,5)1(6)7/h4-8,11-14H,9-10,15H2,1-3H3,(H,32,34);3-7,10-13H,2,8-9,14H2,1H3,(H,30,32);1-5,8-11H,6-7,12,27H2;3-4H2,1-2H3;(H,6,7). The molecule has 32 heteroatoms. The number of amides is 2. The zero-order chi connectivity index (χ0) is 82.1. The number of aliphatic carboxylic acids is 1. The van der Waals surface area contributed by atoms with Crippen LogP contribution in [0.5, 0.6) is 0 Å². The maximum Gasteiger partial charge on any atom is 0.490 e. The van der Waals surface area contributed by atoms with Crippen LogP contribution in [-0.4, -0.2) is 105 Å². The number of nitrogens with zero attached hydrogens (tertiary/aromatic N) is 3. The highest BCUT2D eigenvalue weighted by atomic mass is 35.5. The van der Waals surface area contributed by atoms with Gasteiger partial charge in [-0.15, -0.1) is 0 Å². The molecule has 3 atom stereocenters. The number of ether oxygens (including phenoxy) is 2. The van der Waals surface area contributed by atoms with E-state index in [-0.39, 0.29) is 124 Å². The van der Waals surface area contributed by atoms with Crippen molar-refractivity contribution >= 4 is 166 Å². The van der Waals surface area contributed by atoms with Gasteiger partial charge in [-0.25, -0.2) is 9.59 Å². The highest BCUT2D eigenvalue weighted by Crippen LogP contribution is 2.53. The first-order chi connectivity index (χ1) is 51.7. The third-order valence-corrected chi connectivity index (χ3v) is 20.0. The molecule has 3 heterocycles. The number of esters is 2. The molecule has 0 saturated carbocycles.